The van der Waals surface area contributed by atoms with Crippen LogP contribution in [0, 0.1) is 0 Å². The molecular weight excluding hydrogens is 234 g/mol. The van der Waals surface area contributed by atoms with Crippen LogP contribution in [0.1, 0.15) is 5.69 Å². The molecule has 1 heterocycles. The van der Waals surface area contributed by atoms with Gasteiger partial charge in [-0.3, -0.25) is 4.79 Å². The van der Waals surface area contributed by atoms with Gasteiger partial charge >= 0.3 is 0 Å². The lowest BCUT2D eigenvalue weighted by Crippen LogP contribution is -2.10. The molecule has 2 aromatic rings. The summed E-state index contributed by atoms with van der Waals surface area (Å²) in [5.41, 5.74) is 4.01. The molecule has 1 aromatic heterocycles. The first-order valence-corrected chi connectivity index (χ1v) is 6.25. The van der Waals surface area contributed by atoms with Gasteiger partial charge in [-0.15, -0.1) is 0 Å². The van der Waals surface area contributed by atoms with Crippen molar-refractivity contribution in [1.29, 1.82) is 0 Å². The molecule has 0 saturated carbocycles. The summed E-state index contributed by atoms with van der Waals surface area (Å²) in [5.74, 6) is 0. The lowest BCUT2D eigenvalue weighted by molar-refractivity contribution is 0.261. The minimum absolute atomic E-state index is 0.193. The van der Waals surface area contributed by atoms with Crippen LogP contribution in [-0.2, 0) is 0 Å². The third-order valence-electron chi connectivity index (χ3n) is 2.16. The van der Waals surface area contributed by atoms with Gasteiger partial charge in [0.25, 0.3) is 5.24 Å². The van der Waals surface area contributed by atoms with Crippen molar-refractivity contribution in [2.45, 2.75) is 0 Å². The van der Waals surface area contributed by atoms with E-state index in [2.05, 4.69) is 15.5 Å². The van der Waals surface area contributed by atoms with E-state index in [4.69, 9.17) is 0 Å². The number of pyridine rings is 1. The van der Waals surface area contributed by atoms with E-state index in [1.165, 1.54) is 6.21 Å². The predicted molar refractivity (Wildman–Crippen MR) is 71.4 cm³/mol. The molecule has 0 atom stereocenters. The van der Waals surface area contributed by atoms with Gasteiger partial charge < -0.3 is 0 Å². The number of hydrogen-bond acceptors (Lipinski definition) is 4. The molecule has 0 aliphatic heterocycles. The Morgan fingerprint density at radius 2 is 2.18 bits per heavy atom. The normalized spacial score (nSPS) is 10.9. The number of carbonyl (C=O) groups excluding carboxylic acids is 1. The third-order valence-corrected chi connectivity index (χ3v) is 2.62. The summed E-state index contributed by atoms with van der Waals surface area (Å²) < 4.78 is 0. The average molecular weight is 245 g/mol. The minimum atomic E-state index is -0.193. The summed E-state index contributed by atoms with van der Waals surface area (Å²) >= 11 is 1.08. The number of fused-ring (bicyclic) bond motifs is 1. The molecule has 17 heavy (non-hydrogen) atoms. The second-order valence-electron chi connectivity index (χ2n) is 3.29. The van der Waals surface area contributed by atoms with Crippen LogP contribution < -0.4 is 5.43 Å². The molecule has 0 radical (unpaired) electrons. The Labute approximate surface area is 103 Å². The zero-order valence-corrected chi connectivity index (χ0v) is 10.1. The lowest BCUT2D eigenvalue weighted by atomic mass is 10.2. The fourth-order valence-electron chi connectivity index (χ4n) is 1.35. The topological polar surface area (TPSA) is 54.4 Å². The zero-order chi connectivity index (χ0) is 12.1. The predicted octanol–water partition coefficient (Wildman–Crippen LogP) is 2.64. The highest BCUT2D eigenvalue weighted by Crippen LogP contribution is 2.10. The van der Waals surface area contributed by atoms with E-state index in [1.807, 2.05) is 36.4 Å². The summed E-state index contributed by atoms with van der Waals surface area (Å²) in [4.78, 5) is 15.3. The van der Waals surface area contributed by atoms with E-state index in [1.54, 1.807) is 6.26 Å². The molecule has 0 aliphatic carbocycles. The standard InChI is InChI=1S/C12H11N3OS/c1-17-12(16)15-13-8-10-7-6-9-4-2-3-5-11(9)14-10/h2-8H,1H3,(H,15,16). The number of carbonyl (C=O) groups is 1. The van der Waals surface area contributed by atoms with Crippen LogP contribution in [0.2, 0.25) is 0 Å². The highest BCUT2D eigenvalue weighted by atomic mass is 32.2. The van der Waals surface area contributed by atoms with Gasteiger partial charge in [-0.25, -0.2) is 10.4 Å². The molecule has 1 amide bonds. The first-order chi connectivity index (χ1) is 8.29. The van der Waals surface area contributed by atoms with Crippen LogP contribution in [0.15, 0.2) is 41.5 Å². The maximum absolute atomic E-state index is 10.9. The van der Waals surface area contributed by atoms with E-state index < -0.39 is 0 Å². The van der Waals surface area contributed by atoms with Crippen LogP contribution in [-0.4, -0.2) is 22.7 Å². The van der Waals surface area contributed by atoms with Crippen LogP contribution in [0.4, 0.5) is 4.79 Å². The highest BCUT2D eigenvalue weighted by Gasteiger charge is 1.96. The highest BCUT2D eigenvalue weighted by molar-refractivity contribution is 8.12. The Morgan fingerprint density at radius 1 is 1.35 bits per heavy atom. The van der Waals surface area contributed by atoms with Gasteiger partial charge in [-0.1, -0.05) is 36.0 Å². The second-order valence-corrected chi connectivity index (χ2v) is 4.07. The maximum atomic E-state index is 10.9. The van der Waals surface area contributed by atoms with E-state index >= 15 is 0 Å². The zero-order valence-electron chi connectivity index (χ0n) is 9.25. The average Bonchev–Trinajstić information content (AvgIpc) is 2.38. The third kappa shape index (κ3) is 3.04. The van der Waals surface area contributed by atoms with Crippen LogP contribution in [0.25, 0.3) is 10.9 Å². The van der Waals surface area contributed by atoms with Crippen molar-refractivity contribution in [3.63, 3.8) is 0 Å². The van der Waals surface area contributed by atoms with Crippen molar-refractivity contribution in [2.24, 2.45) is 5.10 Å². The van der Waals surface area contributed by atoms with Gasteiger partial charge in [0.15, 0.2) is 0 Å². The second kappa shape index (κ2) is 5.45. The van der Waals surface area contributed by atoms with E-state index in [0.717, 1.165) is 22.7 Å². The Hall–Kier alpha value is -1.88. The summed E-state index contributed by atoms with van der Waals surface area (Å²) in [6.45, 7) is 0. The summed E-state index contributed by atoms with van der Waals surface area (Å²) in [6, 6.07) is 11.7. The van der Waals surface area contributed by atoms with Crippen molar-refractivity contribution in [1.82, 2.24) is 10.4 Å². The minimum Gasteiger partial charge on any atom is -0.260 e. The number of amides is 1. The Balaban J connectivity index is 2.16. The number of hydrazone groups is 1. The SMILES string of the molecule is CSC(=O)NN=Cc1ccc2ccccc2n1. The van der Waals surface area contributed by atoms with E-state index in [0.29, 0.717) is 5.69 Å². The molecule has 4 nitrogen and oxygen atoms in total. The van der Waals surface area contributed by atoms with Crippen molar-refractivity contribution in [3.05, 3.63) is 42.1 Å². The monoisotopic (exact) mass is 245 g/mol. The Bertz CT molecular complexity index is 568. The molecule has 5 heteroatoms. The van der Waals surface area contributed by atoms with Crippen LogP contribution in [0.3, 0.4) is 0 Å². The molecule has 0 unspecified atom stereocenters. The quantitative estimate of drug-likeness (QED) is 0.653. The van der Waals surface area contributed by atoms with Gasteiger partial charge in [-0.05, 0) is 18.4 Å². The number of nitrogens with zero attached hydrogens (tertiary/aromatic N) is 2. The molecule has 0 aliphatic rings. The summed E-state index contributed by atoms with van der Waals surface area (Å²) in [7, 11) is 0. The molecule has 86 valence electrons. The molecule has 0 fully saturated rings. The maximum Gasteiger partial charge on any atom is 0.298 e. The number of aromatic nitrogens is 1. The molecule has 0 saturated heterocycles. The Kier molecular flexibility index (Phi) is 3.72. The molecular formula is C12H11N3OS. The number of benzene rings is 1. The fourth-order valence-corrected chi connectivity index (χ4v) is 1.49. The summed E-state index contributed by atoms with van der Waals surface area (Å²) in [6.07, 6.45) is 3.22. The summed E-state index contributed by atoms with van der Waals surface area (Å²) in [5, 5.41) is 4.70. The van der Waals surface area contributed by atoms with Crippen LogP contribution in [0.5, 0.6) is 0 Å². The van der Waals surface area contributed by atoms with Gasteiger partial charge in [0.05, 0.1) is 17.4 Å². The van der Waals surface area contributed by atoms with Crippen LogP contribution >= 0.6 is 11.8 Å². The van der Waals surface area contributed by atoms with Gasteiger partial charge in [0.1, 0.15) is 0 Å². The van der Waals surface area contributed by atoms with Crippen molar-refractivity contribution in [2.75, 3.05) is 6.26 Å². The van der Waals surface area contributed by atoms with Gasteiger partial charge in [0, 0.05) is 5.39 Å². The fraction of sp³-hybridized carbons (Fsp3) is 0.0833. The first kappa shape index (κ1) is 11.6. The number of hydrogen-bond donors (Lipinski definition) is 1. The van der Waals surface area contributed by atoms with Crippen molar-refractivity contribution >= 4 is 34.1 Å². The number of thioether (sulfide) groups is 1. The number of rotatable bonds is 2. The molecule has 1 aromatic carbocycles. The van der Waals surface area contributed by atoms with Crippen molar-refractivity contribution in [3.8, 4) is 0 Å². The van der Waals surface area contributed by atoms with E-state index in [9.17, 15) is 4.79 Å². The van der Waals surface area contributed by atoms with Crippen molar-refractivity contribution < 1.29 is 4.79 Å². The smallest absolute Gasteiger partial charge is 0.260 e. The lowest BCUT2D eigenvalue weighted by Gasteiger charge is -1.98. The largest absolute Gasteiger partial charge is 0.298 e. The number of para-hydroxylation sites is 1. The molecule has 0 spiro atoms. The van der Waals surface area contributed by atoms with E-state index in [-0.39, 0.29) is 5.24 Å². The molecule has 0 bridgehead atoms. The van der Waals surface area contributed by atoms with Gasteiger partial charge in [-0.2, -0.15) is 5.10 Å². The first-order valence-electron chi connectivity index (χ1n) is 5.02. The number of nitrogens with one attached hydrogen (secondary N) is 1. The van der Waals surface area contributed by atoms with Gasteiger partial charge in [0.2, 0.25) is 0 Å². The Morgan fingerprint density at radius 3 is 3.00 bits per heavy atom. The molecule has 1 N–H and O–H groups in total. The molecule has 2 rings (SSSR count).